The molecule has 0 unspecified atom stereocenters. The van der Waals surface area contributed by atoms with Crippen LogP contribution in [0.2, 0.25) is 0 Å². The molecule has 2 heterocycles. The quantitative estimate of drug-likeness (QED) is 0.478. The van der Waals surface area contributed by atoms with E-state index in [1.807, 2.05) is 23.1 Å². The van der Waals surface area contributed by atoms with Crippen LogP contribution in [0.1, 0.15) is 35.4 Å². The number of hydrogen-bond donors (Lipinski definition) is 1. The standard InChI is InChI=1S/C26H37N5O3S/c1-34-17-7-12-27-24(32)19-29-13-15-30(16-14-29)20-25(33)31(18-21-8-3-2-4-9-21)26-28-22-10-5-6-11-23(22)35-26/h2-4,8-9H,5-7,10-20H2,1H3,(H,27,32). The Hall–Kier alpha value is -2.33. The topological polar surface area (TPSA) is 78.0 Å². The predicted molar refractivity (Wildman–Crippen MR) is 139 cm³/mol. The molecule has 8 nitrogen and oxygen atoms in total. The van der Waals surface area contributed by atoms with E-state index >= 15 is 0 Å². The van der Waals surface area contributed by atoms with Crippen LogP contribution >= 0.6 is 11.3 Å². The van der Waals surface area contributed by atoms with E-state index in [1.54, 1.807) is 18.4 Å². The van der Waals surface area contributed by atoms with Crippen LogP contribution < -0.4 is 10.2 Å². The Morgan fingerprint density at radius 3 is 2.49 bits per heavy atom. The minimum absolute atomic E-state index is 0.0485. The number of rotatable bonds is 11. The normalized spacial score (nSPS) is 16.6. The number of thiazole rings is 1. The van der Waals surface area contributed by atoms with Gasteiger partial charge in [0, 0.05) is 51.3 Å². The Morgan fingerprint density at radius 1 is 1.06 bits per heavy atom. The molecular weight excluding hydrogens is 462 g/mol. The molecule has 1 fully saturated rings. The summed E-state index contributed by atoms with van der Waals surface area (Å²) < 4.78 is 5.01. The van der Waals surface area contributed by atoms with Crippen molar-refractivity contribution >= 4 is 28.3 Å². The zero-order valence-corrected chi connectivity index (χ0v) is 21.5. The van der Waals surface area contributed by atoms with Gasteiger partial charge in [0.25, 0.3) is 0 Å². The van der Waals surface area contributed by atoms with Crippen LogP contribution in [-0.2, 0) is 33.7 Å². The van der Waals surface area contributed by atoms with Crippen LogP contribution in [-0.4, -0.2) is 86.1 Å². The third kappa shape index (κ3) is 7.57. The average Bonchev–Trinajstić information content (AvgIpc) is 3.31. The second kappa shape index (κ2) is 13.1. The zero-order chi connectivity index (χ0) is 24.5. The molecule has 0 saturated carbocycles. The Bertz CT molecular complexity index is 936. The highest BCUT2D eigenvalue weighted by molar-refractivity contribution is 7.15. The molecule has 2 aromatic rings. The number of anilines is 1. The van der Waals surface area contributed by atoms with E-state index in [9.17, 15) is 9.59 Å². The zero-order valence-electron chi connectivity index (χ0n) is 20.7. The molecule has 2 amide bonds. The van der Waals surface area contributed by atoms with E-state index in [0.717, 1.165) is 56.1 Å². The predicted octanol–water partition coefficient (Wildman–Crippen LogP) is 2.33. The number of amides is 2. The number of aromatic nitrogens is 1. The van der Waals surface area contributed by atoms with Crippen LogP contribution in [0.4, 0.5) is 5.13 Å². The largest absolute Gasteiger partial charge is 0.385 e. The summed E-state index contributed by atoms with van der Waals surface area (Å²) in [7, 11) is 1.66. The fraction of sp³-hybridized carbons (Fsp3) is 0.577. The van der Waals surface area contributed by atoms with Crippen LogP contribution in [0.5, 0.6) is 0 Å². The van der Waals surface area contributed by atoms with Crippen LogP contribution in [0, 0.1) is 0 Å². The van der Waals surface area contributed by atoms with Crippen LogP contribution in [0.3, 0.4) is 0 Å². The van der Waals surface area contributed by atoms with Gasteiger partial charge in [0.05, 0.1) is 25.3 Å². The number of carbonyl (C=O) groups excluding carboxylic acids is 2. The highest BCUT2D eigenvalue weighted by Gasteiger charge is 2.27. The molecule has 1 aromatic heterocycles. The van der Waals surface area contributed by atoms with Crippen molar-refractivity contribution in [3.8, 4) is 0 Å². The Labute approximate surface area is 212 Å². The maximum Gasteiger partial charge on any atom is 0.243 e. The first kappa shape index (κ1) is 25.8. The van der Waals surface area contributed by atoms with Crippen molar-refractivity contribution in [1.82, 2.24) is 20.1 Å². The maximum atomic E-state index is 13.5. The molecule has 1 aliphatic heterocycles. The monoisotopic (exact) mass is 499 g/mol. The highest BCUT2D eigenvalue weighted by Crippen LogP contribution is 2.32. The number of aryl methyl sites for hydroxylation is 2. The molecule has 0 atom stereocenters. The molecule has 0 bridgehead atoms. The number of ether oxygens (including phenoxy) is 1. The molecule has 0 spiro atoms. The minimum Gasteiger partial charge on any atom is -0.385 e. The van der Waals surface area contributed by atoms with Gasteiger partial charge in [-0.25, -0.2) is 4.98 Å². The Morgan fingerprint density at radius 2 is 1.77 bits per heavy atom. The first-order valence-electron chi connectivity index (χ1n) is 12.7. The molecular formula is C26H37N5O3S. The van der Waals surface area contributed by atoms with Gasteiger partial charge in [-0.3, -0.25) is 24.3 Å². The number of nitrogens with zero attached hydrogens (tertiary/aromatic N) is 4. The van der Waals surface area contributed by atoms with Crippen LogP contribution in [0.15, 0.2) is 30.3 Å². The van der Waals surface area contributed by atoms with E-state index in [0.29, 0.717) is 32.8 Å². The number of benzene rings is 1. The number of nitrogens with one attached hydrogen (secondary N) is 1. The van der Waals surface area contributed by atoms with Crippen molar-refractivity contribution in [2.75, 3.05) is 64.4 Å². The first-order chi connectivity index (χ1) is 17.1. The van der Waals surface area contributed by atoms with Gasteiger partial charge < -0.3 is 10.1 Å². The lowest BCUT2D eigenvalue weighted by atomic mass is 10.0. The van der Waals surface area contributed by atoms with E-state index in [4.69, 9.17) is 9.72 Å². The fourth-order valence-electron chi connectivity index (χ4n) is 4.57. The third-order valence-electron chi connectivity index (χ3n) is 6.59. The number of fused-ring (bicyclic) bond motifs is 1. The maximum absolute atomic E-state index is 13.5. The molecule has 4 rings (SSSR count). The lowest BCUT2D eigenvalue weighted by Gasteiger charge is -2.34. The summed E-state index contributed by atoms with van der Waals surface area (Å²) in [5.74, 6) is 0.136. The summed E-state index contributed by atoms with van der Waals surface area (Å²) in [4.78, 5) is 38.1. The van der Waals surface area contributed by atoms with E-state index in [1.165, 1.54) is 23.4 Å². The van der Waals surface area contributed by atoms with Gasteiger partial charge in [-0.15, -0.1) is 11.3 Å². The molecule has 1 saturated heterocycles. The van der Waals surface area contributed by atoms with E-state index in [-0.39, 0.29) is 11.8 Å². The lowest BCUT2D eigenvalue weighted by molar-refractivity contribution is -0.124. The summed E-state index contributed by atoms with van der Waals surface area (Å²) >= 11 is 1.68. The number of carbonyl (C=O) groups is 2. The Balaban J connectivity index is 1.32. The second-order valence-electron chi connectivity index (χ2n) is 9.29. The third-order valence-corrected chi connectivity index (χ3v) is 7.77. The summed E-state index contributed by atoms with van der Waals surface area (Å²) in [6, 6.07) is 10.1. The highest BCUT2D eigenvalue weighted by atomic mass is 32.1. The number of hydrogen-bond acceptors (Lipinski definition) is 7. The minimum atomic E-state index is 0.0485. The van der Waals surface area contributed by atoms with Gasteiger partial charge in [-0.05, 0) is 37.7 Å². The van der Waals surface area contributed by atoms with Gasteiger partial charge >= 0.3 is 0 Å². The van der Waals surface area contributed by atoms with Gasteiger partial charge in [0.15, 0.2) is 5.13 Å². The molecule has 1 aromatic carbocycles. The summed E-state index contributed by atoms with van der Waals surface area (Å²) in [6.45, 7) is 5.71. The van der Waals surface area contributed by atoms with Gasteiger partial charge in [-0.1, -0.05) is 30.3 Å². The average molecular weight is 500 g/mol. The molecule has 1 aliphatic carbocycles. The van der Waals surface area contributed by atoms with Crippen molar-refractivity contribution in [3.63, 3.8) is 0 Å². The summed E-state index contributed by atoms with van der Waals surface area (Å²) in [5.41, 5.74) is 2.28. The van der Waals surface area contributed by atoms with Crippen LogP contribution in [0.25, 0.3) is 0 Å². The molecule has 2 aliphatic rings. The summed E-state index contributed by atoms with van der Waals surface area (Å²) in [5, 5.41) is 3.77. The molecule has 0 radical (unpaired) electrons. The smallest absolute Gasteiger partial charge is 0.243 e. The molecule has 35 heavy (non-hydrogen) atoms. The van der Waals surface area contributed by atoms with Crippen molar-refractivity contribution in [2.45, 2.75) is 38.6 Å². The SMILES string of the molecule is COCCCNC(=O)CN1CCN(CC(=O)N(Cc2ccccc2)c2nc3c(s2)CCCC3)CC1. The molecule has 9 heteroatoms. The number of methoxy groups -OCH3 is 1. The van der Waals surface area contributed by atoms with Crippen molar-refractivity contribution in [3.05, 3.63) is 46.5 Å². The summed E-state index contributed by atoms with van der Waals surface area (Å²) in [6.07, 6.45) is 5.29. The number of piperazine rings is 1. The van der Waals surface area contributed by atoms with Gasteiger partial charge in [0.2, 0.25) is 11.8 Å². The van der Waals surface area contributed by atoms with Crippen molar-refractivity contribution in [2.24, 2.45) is 0 Å². The first-order valence-corrected chi connectivity index (χ1v) is 13.5. The lowest BCUT2D eigenvalue weighted by Crippen LogP contribution is -2.52. The molecule has 190 valence electrons. The van der Waals surface area contributed by atoms with Gasteiger partial charge in [-0.2, -0.15) is 0 Å². The van der Waals surface area contributed by atoms with Gasteiger partial charge in [0.1, 0.15) is 0 Å². The Kier molecular flexibility index (Phi) is 9.65. The van der Waals surface area contributed by atoms with Crippen molar-refractivity contribution < 1.29 is 14.3 Å². The van der Waals surface area contributed by atoms with E-state index < -0.39 is 0 Å². The molecule has 1 N–H and O–H groups in total. The second-order valence-corrected chi connectivity index (χ2v) is 10.3. The van der Waals surface area contributed by atoms with E-state index in [2.05, 4.69) is 27.2 Å². The fourth-order valence-corrected chi connectivity index (χ4v) is 5.73. The van der Waals surface area contributed by atoms with Crippen molar-refractivity contribution in [1.29, 1.82) is 0 Å².